The predicted octanol–water partition coefficient (Wildman–Crippen LogP) is 15.5. The highest BCUT2D eigenvalue weighted by molar-refractivity contribution is 5.92. The van der Waals surface area contributed by atoms with Gasteiger partial charge in [0, 0.05) is 35.5 Å². The van der Waals surface area contributed by atoms with E-state index in [0.717, 1.165) is 77.0 Å². The van der Waals surface area contributed by atoms with Gasteiger partial charge in [-0.25, -0.2) is 0 Å². The molecule has 0 spiro atoms. The Kier molecular flexibility index (Phi) is 26.6. The van der Waals surface area contributed by atoms with Crippen LogP contribution < -0.4 is 0 Å². The lowest BCUT2D eigenvalue weighted by Gasteiger charge is -2.59. The molecule has 0 saturated heterocycles. The zero-order chi connectivity index (χ0) is 94.7. The van der Waals surface area contributed by atoms with Gasteiger partial charge in [-0.15, -0.1) is 0 Å². The number of ether oxygens (including phenoxy) is 10. The van der Waals surface area contributed by atoms with Crippen LogP contribution in [0.3, 0.4) is 0 Å². The summed E-state index contributed by atoms with van der Waals surface area (Å²) >= 11 is 0. The van der Waals surface area contributed by atoms with Gasteiger partial charge in [0.2, 0.25) is 0 Å². The molecule has 0 aromatic carbocycles. The van der Waals surface area contributed by atoms with Gasteiger partial charge in [-0.1, -0.05) is 83.1 Å². The van der Waals surface area contributed by atoms with Crippen molar-refractivity contribution < 1.29 is 151 Å². The third-order valence-electron chi connectivity index (χ3n) is 34.1. The first-order chi connectivity index (χ1) is 60.0. The van der Waals surface area contributed by atoms with E-state index in [0.29, 0.717) is 164 Å². The molecule has 0 radical (unpaired) electrons. The van der Waals surface area contributed by atoms with Gasteiger partial charge in [-0.05, 0) is 265 Å². The van der Waals surface area contributed by atoms with Crippen molar-refractivity contribution in [3.63, 3.8) is 0 Å². The summed E-state index contributed by atoms with van der Waals surface area (Å²) < 4.78 is 167. The van der Waals surface area contributed by atoms with E-state index in [1.54, 1.807) is 0 Å². The van der Waals surface area contributed by atoms with E-state index in [1.165, 1.54) is 83.1 Å². The van der Waals surface area contributed by atoms with Crippen LogP contribution in [0.1, 0.15) is 295 Å². The van der Waals surface area contributed by atoms with Crippen molar-refractivity contribution in [3.8, 4) is 0 Å². The number of halogens is 8. The van der Waals surface area contributed by atoms with Gasteiger partial charge in [-0.2, -0.15) is 35.1 Å². The average Bonchev–Trinajstić information content (AvgIpc) is 0.733. The normalized spacial score (nSPS) is 40.3. The molecule has 0 aliphatic heterocycles. The Bertz CT molecular complexity index is 4170. The molecule has 0 amide bonds. The Hall–Kier alpha value is -5.09. The lowest BCUT2D eigenvalue weighted by Crippen LogP contribution is -2.59. The van der Waals surface area contributed by atoms with E-state index in [2.05, 4.69) is 9.47 Å². The monoisotopic (exact) mass is 1850 g/mol. The SMILES string of the molecule is CC(C)(C)C(F)(F)OCC(COC(=O)C12CC3CC(C1)C(=O)C(C3)C2)OC(=O)C12CC3CC(C1)C(=O)C(C3)C2.CC(C)(C)C(F)(F)OCC(COC(=O)C12CC3CC(CC(O)(C3)C1)C2)OC(=O)C12CC3CC(CC(O)(C3)C1)C2.CC(C)(C)C(F)(F)OCC(O)COC(=O)C12CC3CC(C1)C(=O)C(C3)C2.CC(C)(C)C(F)(F)OCC(O)COC(=O)C12CC3CC(CC(O)(C3)C1)C2. The van der Waals surface area contributed by atoms with E-state index >= 15 is 0 Å². The number of alkyl halides is 8. The smallest absolute Gasteiger partial charge is 0.360 e. The summed E-state index contributed by atoms with van der Waals surface area (Å²) in [5.74, 6) is 0.233. The summed E-state index contributed by atoms with van der Waals surface area (Å²) in [6.07, 6.45) is 3.55. The number of rotatable bonds is 28. The van der Waals surface area contributed by atoms with E-state index in [-0.39, 0.29) is 103 Å². The highest BCUT2D eigenvalue weighted by Gasteiger charge is 2.68. The quantitative estimate of drug-likeness (QED) is 0.0276. The van der Waals surface area contributed by atoms with Crippen LogP contribution in [0.15, 0.2) is 0 Å². The molecular formula is C98H142F8O24. The standard InChI is InChI=1S/C30H44F2O7.C30H40F2O7.C19H30F2O5.C19H28F2O5/c1-25(2,3)30(31,32)38-15-22(39-24(34)27-8-20-5-21(9-27)13-29(36,12-20)17-27)14-37-23(33)26-6-18-4-19(7-26)11-28(35,10-18)16-26;1-27(2,3)30(31,32)38-15-22(39-26(36)29-9-17-6-20(12-29)24(34)21(7-17)13-29)14-37-25(35)28-8-16-4-18(10-28)23(33)19(5-16)11-28;1-16(2,3)19(20,21)26-10-14(22)9-25-15(23)17-5-12-4-13(6-17)8-18(24,7-12)11-17;1-17(2,3)19(20,21)26-10-14(22)9-25-16(24)18-6-11-4-12(7-18)15(23)13(5-11)8-18/h18-22,35-36H,4-17H2,1-3H3;16-22H,4-15H2,1-3H3;12-14,22,24H,4-11H2,1-3H3;11-14,22H,4-10H2,1-3H3. The molecule has 24 bridgehead atoms. The summed E-state index contributed by atoms with van der Waals surface area (Å²) in [5.41, 5.74) is -12.7. The topological polar surface area (TPSA) is 347 Å². The van der Waals surface area contributed by atoms with Gasteiger partial charge in [0.05, 0.1) is 97.4 Å². The van der Waals surface area contributed by atoms with Crippen molar-refractivity contribution in [3.05, 3.63) is 0 Å². The molecule has 24 nitrogen and oxygen atoms in total. The third-order valence-corrected chi connectivity index (χ3v) is 34.1. The van der Waals surface area contributed by atoms with Crippen LogP contribution in [0.4, 0.5) is 35.1 Å². The Balaban J connectivity index is 0.000000135. The molecule has 0 heterocycles. The second-order valence-corrected chi connectivity index (χ2v) is 49.5. The number of carbonyl (C=O) groups is 9. The van der Waals surface area contributed by atoms with E-state index in [1.807, 2.05) is 0 Å². The Labute approximate surface area is 757 Å². The Morgan fingerprint density at radius 3 is 0.715 bits per heavy atom. The molecular weight excluding hydrogens is 1710 g/mol. The van der Waals surface area contributed by atoms with Crippen molar-refractivity contribution >= 4 is 53.2 Å². The maximum Gasteiger partial charge on any atom is 0.360 e. The van der Waals surface area contributed by atoms with Crippen molar-refractivity contribution in [1.82, 2.24) is 0 Å². The van der Waals surface area contributed by atoms with Crippen molar-refractivity contribution in [2.45, 2.75) is 361 Å². The summed E-state index contributed by atoms with van der Waals surface area (Å²) in [4.78, 5) is 117. The molecule has 24 aliphatic rings. The molecule has 24 fully saturated rings. The number of hydrogen-bond donors (Lipinski definition) is 5. The predicted molar refractivity (Wildman–Crippen MR) is 446 cm³/mol. The molecule has 0 aromatic rings. The Morgan fingerprint density at radius 1 is 0.277 bits per heavy atom. The summed E-state index contributed by atoms with van der Waals surface area (Å²) in [5, 5.41) is 52.5. The zero-order valence-corrected chi connectivity index (χ0v) is 78.0. The highest BCUT2D eigenvalue weighted by atomic mass is 19.3. The van der Waals surface area contributed by atoms with Gasteiger partial charge in [-0.3, -0.25) is 43.2 Å². The molecule has 24 rings (SSSR count). The molecule has 24 aliphatic carbocycles. The molecule has 24 saturated carbocycles. The van der Waals surface area contributed by atoms with Crippen molar-refractivity contribution in [2.75, 3.05) is 52.9 Å². The number of hydrogen-bond acceptors (Lipinski definition) is 24. The Morgan fingerprint density at radius 2 is 0.477 bits per heavy atom. The van der Waals surface area contributed by atoms with Gasteiger partial charge in [0.1, 0.15) is 56.0 Å². The average molecular weight is 1860 g/mol. The first-order valence-electron chi connectivity index (χ1n) is 48.3. The maximum atomic E-state index is 14.7. The van der Waals surface area contributed by atoms with Crippen LogP contribution in [0.2, 0.25) is 0 Å². The largest absolute Gasteiger partial charge is 0.462 e. The van der Waals surface area contributed by atoms with Crippen LogP contribution >= 0.6 is 0 Å². The van der Waals surface area contributed by atoms with E-state index < -0.39 is 182 Å². The second-order valence-electron chi connectivity index (χ2n) is 49.5. The second kappa shape index (κ2) is 34.8. The van der Waals surface area contributed by atoms with Crippen LogP contribution in [-0.4, -0.2) is 197 Å². The van der Waals surface area contributed by atoms with Crippen LogP contribution in [0.5, 0.6) is 0 Å². The maximum absolute atomic E-state index is 14.7. The number of esters is 6. The molecule has 16 atom stereocenters. The highest BCUT2D eigenvalue weighted by Crippen LogP contribution is 2.68. The van der Waals surface area contributed by atoms with Crippen molar-refractivity contribution in [1.29, 1.82) is 0 Å². The number of aliphatic hydroxyl groups excluding tert-OH is 2. The molecule has 130 heavy (non-hydrogen) atoms. The van der Waals surface area contributed by atoms with Crippen molar-refractivity contribution in [2.24, 2.45) is 143 Å². The minimum Gasteiger partial charge on any atom is -0.462 e. The first-order valence-corrected chi connectivity index (χ1v) is 48.3. The van der Waals surface area contributed by atoms with Crippen LogP contribution in [-0.2, 0) is 90.5 Å². The fourth-order valence-corrected chi connectivity index (χ4v) is 29.2. The van der Waals surface area contributed by atoms with Gasteiger partial charge in [0.25, 0.3) is 0 Å². The fourth-order valence-electron chi connectivity index (χ4n) is 29.2. The van der Waals surface area contributed by atoms with Gasteiger partial charge in [0.15, 0.2) is 12.2 Å². The van der Waals surface area contributed by atoms with E-state index in [9.17, 15) is 104 Å². The number of ketones is 3. The lowest BCUT2D eigenvalue weighted by atomic mass is 9.48. The number of Topliss-reactive ketones (excluding diaryl/α,β-unsaturated/α-hetero) is 3. The first kappa shape index (κ1) is 99.4. The summed E-state index contributed by atoms with van der Waals surface area (Å²) in [6, 6.07) is 0. The van der Waals surface area contributed by atoms with Crippen LogP contribution in [0, 0.1) is 143 Å². The number of carbonyl (C=O) groups excluding carboxylic acids is 9. The molecule has 734 valence electrons. The third kappa shape index (κ3) is 20.0. The minimum atomic E-state index is -3.49. The number of aliphatic hydroxyl groups is 5. The fraction of sp³-hybridized carbons (Fsp3) is 0.908. The molecule has 0 aromatic heterocycles. The zero-order valence-electron chi connectivity index (χ0n) is 78.0. The summed E-state index contributed by atoms with van der Waals surface area (Å²) in [7, 11) is 0. The lowest BCUT2D eigenvalue weighted by molar-refractivity contribution is -0.304. The molecule has 16 unspecified atom stereocenters. The summed E-state index contributed by atoms with van der Waals surface area (Å²) in [6.45, 7) is 12.2. The van der Waals surface area contributed by atoms with Crippen LogP contribution in [0.25, 0.3) is 0 Å². The van der Waals surface area contributed by atoms with E-state index in [4.69, 9.17) is 37.9 Å². The molecule has 32 heteroatoms. The molecule has 5 N–H and O–H groups in total. The van der Waals surface area contributed by atoms with Gasteiger partial charge >= 0.3 is 60.3 Å². The minimum absolute atomic E-state index is 0.0486. The van der Waals surface area contributed by atoms with Gasteiger partial charge < -0.3 is 72.9 Å².